The number of ether oxygens (including phenoxy) is 4. The first kappa shape index (κ1) is 25.1. The number of phenols is 1. The van der Waals surface area contributed by atoms with Gasteiger partial charge in [-0.05, 0) is 61.9 Å². The summed E-state index contributed by atoms with van der Waals surface area (Å²) in [5.41, 5.74) is 1.29. The van der Waals surface area contributed by atoms with Crippen LogP contribution in [0.2, 0.25) is 5.02 Å². The van der Waals surface area contributed by atoms with E-state index in [-0.39, 0.29) is 36.1 Å². The van der Waals surface area contributed by atoms with Crippen molar-refractivity contribution in [2.24, 2.45) is 0 Å². The molecule has 2 aromatic rings. The van der Waals surface area contributed by atoms with Crippen molar-refractivity contribution in [1.29, 1.82) is 0 Å². The standard InChI is InChI=1S/C28H27ClO8/c1-15-6-5-9-18(30)8-4-2-3-7-16-11-21-25(26(32)24(16)28(33)36-15)19(13-23(31)37-21)17-10-20(29)27-22(12-17)34-14-35-27/h3,7,10-12,15,19,32H,2,4-6,8-9,13-14H2,1H3/b7-3+/t15-,19-/m1/s1. The summed E-state index contributed by atoms with van der Waals surface area (Å²) in [4.78, 5) is 38.0. The Balaban J connectivity index is 1.60. The summed E-state index contributed by atoms with van der Waals surface area (Å²) in [5.74, 6) is -0.895. The maximum atomic E-state index is 13.3. The number of aromatic hydroxyl groups is 1. The van der Waals surface area contributed by atoms with E-state index in [9.17, 15) is 19.5 Å². The van der Waals surface area contributed by atoms with Crippen molar-refractivity contribution in [3.63, 3.8) is 0 Å². The summed E-state index contributed by atoms with van der Waals surface area (Å²) in [6.45, 7) is 1.80. The Hall–Kier alpha value is -3.52. The molecule has 3 aliphatic heterocycles. The Morgan fingerprint density at radius 1 is 1.03 bits per heavy atom. The molecule has 0 saturated carbocycles. The SMILES string of the molecule is C[C@@H]1CCCC(=O)CCC/C=C/c2cc3c(c(O)c2C(=O)O1)[C@@H](c1cc(Cl)c2c(c1)OCO2)CC(=O)O3. The highest BCUT2D eigenvalue weighted by Crippen LogP contribution is 2.50. The second-order valence-corrected chi connectivity index (χ2v) is 9.92. The van der Waals surface area contributed by atoms with E-state index < -0.39 is 24.0 Å². The van der Waals surface area contributed by atoms with Gasteiger partial charge in [0, 0.05) is 24.3 Å². The van der Waals surface area contributed by atoms with E-state index in [0.29, 0.717) is 71.7 Å². The zero-order chi connectivity index (χ0) is 26.1. The van der Waals surface area contributed by atoms with Crippen LogP contribution in [-0.4, -0.2) is 35.7 Å². The van der Waals surface area contributed by atoms with Crippen molar-refractivity contribution in [3.05, 3.63) is 51.6 Å². The smallest absolute Gasteiger partial charge is 0.342 e. The topological polar surface area (TPSA) is 108 Å². The van der Waals surface area contributed by atoms with E-state index in [0.717, 1.165) is 0 Å². The third-order valence-corrected chi connectivity index (χ3v) is 7.11. The predicted octanol–water partition coefficient (Wildman–Crippen LogP) is 5.70. The Kier molecular flexibility index (Phi) is 7.11. The molecule has 2 atom stereocenters. The maximum Gasteiger partial charge on any atom is 0.342 e. The van der Waals surface area contributed by atoms with Gasteiger partial charge in [0.2, 0.25) is 6.79 Å². The summed E-state index contributed by atoms with van der Waals surface area (Å²) < 4.78 is 22.1. The van der Waals surface area contributed by atoms with E-state index in [1.807, 2.05) is 6.08 Å². The highest BCUT2D eigenvalue weighted by atomic mass is 35.5. The lowest BCUT2D eigenvalue weighted by Crippen LogP contribution is -2.23. The molecule has 0 bridgehead atoms. The minimum Gasteiger partial charge on any atom is -0.507 e. The van der Waals surface area contributed by atoms with Crippen LogP contribution in [0.4, 0.5) is 0 Å². The van der Waals surface area contributed by atoms with Crippen molar-refractivity contribution < 1.29 is 38.4 Å². The molecule has 3 heterocycles. The molecule has 9 heteroatoms. The van der Waals surface area contributed by atoms with E-state index >= 15 is 0 Å². The van der Waals surface area contributed by atoms with Gasteiger partial charge in [-0.2, -0.15) is 0 Å². The maximum absolute atomic E-state index is 13.3. The van der Waals surface area contributed by atoms with Crippen LogP contribution in [0.25, 0.3) is 6.08 Å². The minimum atomic E-state index is -0.685. The fourth-order valence-corrected chi connectivity index (χ4v) is 5.27. The Morgan fingerprint density at radius 3 is 2.68 bits per heavy atom. The number of carbonyl (C=O) groups excluding carboxylic acids is 3. The van der Waals surface area contributed by atoms with E-state index in [1.165, 1.54) is 0 Å². The molecule has 0 amide bonds. The van der Waals surface area contributed by atoms with Gasteiger partial charge in [-0.25, -0.2) is 4.79 Å². The first-order valence-corrected chi connectivity index (χ1v) is 12.8. The van der Waals surface area contributed by atoms with Gasteiger partial charge in [0.15, 0.2) is 11.5 Å². The lowest BCUT2D eigenvalue weighted by molar-refractivity contribution is -0.135. The van der Waals surface area contributed by atoms with Gasteiger partial charge in [0.25, 0.3) is 0 Å². The van der Waals surface area contributed by atoms with Crippen LogP contribution in [0.15, 0.2) is 24.3 Å². The number of ketones is 1. The van der Waals surface area contributed by atoms with Crippen molar-refractivity contribution in [3.8, 4) is 23.0 Å². The number of hydrogen-bond acceptors (Lipinski definition) is 8. The zero-order valence-corrected chi connectivity index (χ0v) is 21.1. The number of hydrogen-bond donors (Lipinski definition) is 1. The van der Waals surface area contributed by atoms with E-state index in [4.69, 9.17) is 30.5 Å². The fourth-order valence-electron chi connectivity index (χ4n) is 4.99. The molecular weight excluding hydrogens is 500 g/mol. The molecule has 5 rings (SSSR count). The van der Waals surface area contributed by atoms with Crippen LogP contribution in [-0.2, 0) is 14.3 Å². The van der Waals surface area contributed by atoms with E-state index in [2.05, 4.69) is 0 Å². The molecule has 0 unspecified atom stereocenters. The Labute approximate surface area is 219 Å². The molecule has 3 aliphatic rings. The van der Waals surface area contributed by atoms with Crippen LogP contribution in [0.5, 0.6) is 23.0 Å². The normalized spacial score (nSPS) is 22.8. The number of Topliss-reactive ketones (excluding diaryl/α,β-unsaturated/α-hetero) is 1. The number of esters is 2. The monoisotopic (exact) mass is 526 g/mol. The van der Waals surface area contributed by atoms with Crippen LogP contribution in [0.3, 0.4) is 0 Å². The average Bonchev–Trinajstić information content (AvgIpc) is 3.32. The third kappa shape index (κ3) is 5.16. The summed E-state index contributed by atoms with van der Waals surface area (Å²) in [7, 11) is 0. The molecule has 0 fully saturated rings. The van der Waals surface area contributed by atoms with Gasteiger partial charge >= 0.3 is 11.9 Å². The number of rotatable bonds is 1. The lowest BCUT2D eigenvalue weighted by Gasteiger charge is -2.28. The predicted molar refractivity (Wildman–Crippen MR) is 134 cm³/mol. The number of halogens is 1. The van der Waals surface area contributed by atoms with Gasteiger partial charge in [-0.1, -0.05) is 23.8 Å². The van der Waals surface area contributed by atoms with Crippen molar-refractivity contribution in [2.45, 2.75) is 63.9 Å². The number of cyclic esters (lactones) is 1. The molecule has 0 aliphatic carbocycles. The summed E-state index contributed by atoms with van der Waals surface area (Å²) in [5, 5.41) is 11.8. The van der Waals surface area contributed by atoms with Gasteiger partial charge in [-0.3, -0.25) is 9.59 Å². The summed E-state index contributed by atoms with van der Waals surface area (Å²) >= 11 is 6.40. The lowest BCUT2D eigenvalue weighted by atomic mass is 9.83. The number of phenolic OH excluding ortho intramolecular Hbond substituents is 1. The van der Waals surface area contributed by atoms with Crippen LogP contribution < -0.4 is 14.2 Å². The molecule has 194 valence electrons. The molecule has 0 spiro atoms. The van der Waals surface area contributed by atoms with Gasteiger partial charge < -0.3 is 24.1 Å². The molecule has 2 aromatic carbocycles. The Morgan fingerprint density at radius 2 is 1.84 bits per heavy atom. The molecular formula is C28H27ClO8. The molecule has 37 heavy (non-hydrogen) atoms. The first-order valence-electron chi connectivity index (χ1n) is 12.4. The molecule has 0 aromatic heterocycles. The second-order valence-electron chi connectivity index (χ2n) is 9.51. The van der Waals surface area contributed by atoms with Gasteiger partial charge in [0.1, 0.15) is 22.8 Å². The average molecular weight is 527 g/mol. The third-order valence-electron chi connectivity index (χ3n) is 6.83. The van der Waals surface area contributed by atoms with Crippen molar-refractivity contribution in [2.75, 3.05) is 6.79 Å². The number of allylic oxidation sites excluding steroid dienone is 1. The van der Waals surface area contributed by atoms with E-state index in [1.54, 1.807) is 31.2 Å². The second kappa shape index (κ2) is 10.5. The van der Waals surface area contributed by atoms with Crippen molar-refractivity contribution in [1.82, 2.24) is 0 Å². The highest BCUT2D eigenvalue weighted by molar-refractivity contribution is 6.32. The first-order chi connectivity index (χ1) is 17.8. The van der Waals surface area contributed by atoms with Crippen LogP contribution in [0.1, 0.15) is 84.8 Å². The summed E-state index contributed by atoms with van der Waals surface area (Å²) in [6.07, 6.45) is 6.40. The summed E-state index contributed by atoms with van der Waals surface area (Å²) in [6, 6.07) is 4.95. The Bertz CT molecular complexity index is 1300. The van der Waals surface area contributed by atoms with Gasteiger partial charge in [0.05, 0.1) is 17.5 Å². The highest BCUT2D eigenvalue weighted by Gasteiger charge is 2.36. The quantitative estimate of drug-likeness (QED) is 0.372. The number of fused-ring (bicyclic) bond motifs is 3. The number of carbonyl (C=O) groups is 3. The molecule has 1 N–H and O–H groups in total. The molecule has 0 radical (unpaired) electrons. The fraction of sp³-hybridized carbons (Fsp3) is 0.393. The number of benzene rings is 2. The molecule has 0 saturated heterocycles. The largest absolute Gasteiger partial charge is 0.507 e. The molecule has 8 nitrogen and oxygen atoms in total. The van der Waals surface area contributed by atoms with Crippen LogP contribution in [0, 0.1) is 0 Å². The van der Waals surface area contributed by atoms with Crippen molar-refractivity contribution >= 4 is 35.4 Å². The zero-order valence-electron chi connectivity index (χ0n) is 20.4. The van der Waals surface area contributed by atoms with Crippen LogP contribution >= 0.6 is 11.6 Å². The minimum absolute atomic E-state index is 0.00442. The van der Waals surface area contributed by atoms with Gasteiger partial charge in [-0.15, -0.1) is 0 Å².